The molecule has 0 radical (unpaired) electrons. The Labute approximate surface area is 240 Å². The highest BCUT2D eigenvalue weighted by Gasteiger charge is 2.74. The maximum Gasteiger partial charge on any atom is 0.250 e. The monoisotopic (exact) mass is 564 g/mol. The molecule has 41 heavy (non-hydrogen) atoms. The van der Waals surface area contributed by atoms with Gasteiger partial charge in [-0.15, -0.1) is 18.3 Å². The van der Waals surface area contributed by atoms with E-state index in [1.54, 1.807) is 38.6 Å². The van der Waals surface area contributed by atoms with Crippen molar-refractivity contribution in [3.05, 3.63) is 49.6 Å². The first-order valence-corrected chi connectivity index (χ1v) is 14.5. The van der Waals surface area contributed by atoms with Gasteiger partial charge in [0, 0.05) is 33.3 Å². The van der Waals surface area contributed by atoms with Crippen molar-refractivity contribution in [2.24, 2.45) is 11.8 Å². The number of fused-ring (bicyclic) bond motifs is 2. The highest BCUT2D eigenvalue weighted by Crippen LogP contribution is 2.59. The number of aliphatic hydroxyl groups excluding tert-OH is 1. The Morgan fingerprint density at radius 2 is 1.90 bits per heavy atom. The first-order valence-electron chi connectivity index (χ1n) is 14.5. The molecule has 1 aromatic carbocycles. The minimum absolute atomic E-state index is 0.125. The average Bonchev–Trinajstić information content (AvgIpc) is 3.72. The maximum absolute atomic E-state index is 14.5. The Morgan fingerprint density at radius 3 is 2.66 bits per heavy atom. The first kappa shape index (κ1) is 28.9. The van der Waals surface area contributed by atoms with E-state index in [0.717, 1.165) is 23.9 Å². The van der Waals surface area contributed by atoms with Gasteiger partial charge in [0.15, 0.2) is 0 Å². The van der Waals surface area contributed by atoms with E-state index in [2.05, 4.69) is 23.5 Å². The highest BCUT2D eigenvalue weighted by molar-refractivity contribution is 5.99. The van der Waals surface area contributed by atoms with Crippen molar-refractivity contribution in [3.8, 4) is 0 Å². The third-order valence-corrected chi connectivity index (χ3v) is 8.79. The number of hydrogen-bond acceptors (Lipinski definition) is 7. The van der Waals surface area contributed by atoms with Gasteiger partial charge in [0.1, 0.15) is 23.8 Å². The zero-order valence-corrected chi connectivity index (χ0v) is 23.7. The van der Waals surface area contributed by atoms with E-state index in [4.69, 9.17) is 9.84 Å². The van der Waals surface area contributed by atoms with Gasteiger partial charge in [0.2, 0.25) is 17.7 Å². The second-order valence-electron chi connectivity index (χ2n) is 11.3. The number of carbonyl (C=O) groups excluding carboxylic acids is 3. The fourth-order valence-electron chi connectivity index (χ4n) is 6.97. The number of amides is 3. The van der Waals surface area contributed by atoms with Crippen LogP contribution >= 0.6 is 0 Å². The summed E-state index contributed by atoms with van der Waals surface area (Å²) in [5.74, 6) is -1.94. The van der Waals surface area contributed by atoms with E-state index < -0.39 is 29.6 Å². The molecule has 2 aromatic rings. The summed E-state index contributed by atoms with van der Waals surface area (Å²) in [6.45, 7) is 8.86. The number of para-hydroxylation sites is 1. The van der Waals surface area contributed by atoms with Crippen molar-refractivity contribution >= 4 is 28.8 Å². The van der Waals surface area contributed by atoms with E-state index in [1.807, 2.05) is 24.3 Å². The van der Waals surface area contributed by atoms with Crippen LogP contribution < -0.4 is 0 Å². The summed E-state index contributed by atoms with van der Waals surface area (Å²) in [4.78, 5) is 47.2. The van der Waals surface area contributed by atoms with Gasteiger partial charge >= 0.3 is 0 Å². The Kier molecular flexibility index (Phi) is 8.55. The maximum atomic E-state index is 14.5. The Hall–Kier alpha value is -3.57. The molecule has 3 aliphatic rings. The molecular formula is C30H40N6O5. The molecule has 1 spiro atoms. The molecule has 1 aromatic heterocycles. The van der Waals surface area contributed by atoms with Crippen LogP contribution in [0.5, 0.6) is 0 Å². The number of hydrogen-bond donors (Lipinski definition) is 1. The smallest absolute Gasteiger partial charge is 0.250 e. The molecule has 0 aliphatic carbocycles. The van der Waals surface area contributed by atoms with Gasteiger partial charge in [-0.1, -0.05) is 42.3 Å². The number of likely N-dealkylation sites (tertiary alicyclic amines) is 1. The molecule has 11 nitrogen and oxygen atoms in total. The van der Waals surface area contributed by atoms with Gasteiger partial charge in [-0.05, 0) is 37.8 Å². The molecule has 2 bridgehead atoms. The van der Waals surface area contributed by atoms with Crippen LogP contribution in [0.4, 0.5) is 0 Å². The third kappa shape index (κ3) is 5.05. The number of likely N-dealkylation sites (N-methyl/N-ethyl adjacent to an activating group) is 1. The van der Waals surface area contributed by atoms with E-state index in [-0.39, 0.29) is 37.5 Å². The first-order chi connectivity index (χ1) is 19.9. The molecule has 220 valence electrons. The zero-order chi connectivity index (χ0) is 29.1. The summed E-state index contributed by atoms with van der Waals surface area (Å²) in [6, 6.07) is 6.68. The molecule has 3 aliphatic heterocycles. The molecule has 3 amide bonds. The fourth-order valence-corrected chi connectivity index (χ4v) is 6.97. The lowest BCUT2D eigenvalue weighted by atomic mass is 9.70. The van der Waals surface area contributed by atoms with E-state index >= 15 is 0 Å². The van der Waals surface area contributed by atoms with Crippen LogP contribution in [0.2, 0.25) is 0 Å². The molecule has 0 saturated carbocycles. The third-order valence-electron chi connectivity index (χ3n) is 8.79. The number of benzene rings is 1. The quantitative estimate of drug-likeness (QED) is 0.275. The number of nitrogens with zero attached hydrogens (tertiary/aromatic N) is 6. The van der Waals surface area contributed by atoms with Gasteiger partial charge in [0.25, 0.3) is 0 Å². The van der Waals surface area contributed by atoms with Crippen LogP contribution in [0.15, 0.2) is 49.6 Å². The van der Waals surface area contributed by atoms with Gasteiger partial charge in [-0.25, -0.2) is 4.68 Å². The van der Waals surface area contributed by atoms with Gasteiger partial charge in [-0.3, -0.25) is 14.4 Å². The Morgan fingerprint density at radius 1 is 1.15 bits per heavy atom. The molecule has 4 heterocycles. The number of ether oxygens (including phenoxy) is 1. The lowest BCUT2D eigenvalue weighted by molar-refractivity contribution is -0.149. The molecule has 2 unspecified atom stereocenters. The number of carbonyl (C=O) groups is 3. The van der Waals surface area contributed by atoms with E-state index in [1.165, 1.54) is 0 Å². The summed E-state index contributed by atoms with van der Waals surface area (Å²) < 4.78 is 8.25. The van der Waals surface area contributed by atoms with Gasteiger partial charge in [0.05, 0.1) is 23.5 Å². The largest absolute Gasteiger partial charge is 0.396 e. The summed E-state index contributed by atoms with van der Waals surface area (Å²) >= 11 is 0. The lowest BCUT2D eigenvalue weighted by Gasteiger charge is -2.36. The molecule has 3 saturated heterocycles. The average molecular weight is 565 g/mol. The lowest BCUT2D eigenvalue weighted by Crippen LogP contribution is -2.56. The van der Waals surface area contributed by atoms with Crippen molar-refractivity contribution in [1.82, 2.24) is 29.7 Å². The molecular weight excluding hydrogens is 524 g/mol. The standard InChI is InChI=1S/C30H40N6O5/c1-4-16-33(3)27(38)24-23-14-15-30(41-23)25(24)28(39)35(18-10-6-7-11-19-37)26(30)29(40)34(17-5-2)20-36-22-13-9-8-12-21(22)31-32-36/h4-5,8-9,12-13,23-26,37H,1-2,6-7,10-11,14-20H2,3H3/t23-,24+,25+,26?,30?/m1/s1. The molecule has 11 heteroatoms. The SMILES string of the molecule is C=CCN(C)C(=O)[C@@H]1[C@H]2C(=O)N(CCCCCCO)C(C(=O)N(CC=C)Cn3nnc4ccccc43)C23CC[C@H]1O3. The number of unbranched alkanes of at least 4 members (excludes halogenated alkanes) is 3. The van der Waals surface area contributed by atoms with Gasteiger partial charge < -0.3 is 24.5 Å². The summed E-state index contributed by atoms with van der Waals surface area (Å²) in [6.07, 6.45) is 7.09. The van der Waals surface area contributed by atoms with Gasteiger partial charge in [-0.2, -0.15) is 0 Å². The summed E-state index contributed by atoms with van der Waals surface area (Å²) in [5, 5.41) is 17.7. The Balaban J connectivity index is 1.47. The van der Waals surface area contributed by atoms with E-state index in [9.17, 15) is 14.4 Å². The molecule has 5 atom stereocenters. The second kappa shape index (κ2) is 12.1. The number of rotatable bonds is 14. The molecule has 3 fully saturated rings. The van der Waals surface area contributed by atoms with Crippen molar-refractivity contribution < 1.29 is 24.2 Å². The van der Waals surface area contributed by atoms with Crippen molar-refractivity contribution in [3.63, 3.8) is 0 Å². The predicted octanol–water partition coefficient (Wildman–Crippen LogP) is 1.98. The molecule has 5 rings (SSSR count). The summed E-state index contributed by atoms with van der Waals surface area (Å²) in [5.41, 5.74) is 0.450. The number of aromatic nitrogens is 3. The normalized spacial score (nSPS) is 26.4. The topological polar surface area (TPSA) is 121 Å². The van der Waals surface area contributed by atoms with Crippen molar-refractivity contribution in [2.75, 3.05) is 33.3 Å². The van der Waals surface area contributed by atoms with Crippen LogP contribution in [0.25, 0.3) is 11.0 Å². The molecule has 1 N–H and O–H groups in total. The zero-order valence-electron chi connectivity index (χ0n) is 23.7. The highest BCUT2D eigenvalue weighted by atomic mass is 16.5. The summed E-state index contributed by atoms with van der Waals surface area (Å²) in [7, 11) is 1.71. The van der Waals surface area contributed by atoms with Crippen LogP contribution in [0.1, 0.15) is 38.5 Å². The van der Waals surface area contributed by atoms with Crippen LogP contribution in [-0.2, 0) is 25.8 Å². The van der Waals surface area contributed by atoms with Crippen molar-refractivity contribution in [1.29, 1.82) is 0 Å². The van der Waals surface area contributed by atoms with Crippen LogP contribution in [-0.4, -0.2) is 104 Å². The van der Waals surface area contributed by atoms with Crippen LogP contribution in [0, 0.1) is 11.8 Å². The predicted molar refractivity (Wildman–Crippen MR) is 152 cm³/mol. The number of aliphatic hydroxyl groups is 1. The fraction of sp³-hybridized carbons (Fsp3) is 0.567. The minimum atomic E-state index is -1.07. The Bertz CT molecular complexity index is 1310. The van der Waals surface area contributed by atoms with Crippen molar-refractivity contribution in [2.45, 2.75) is 62.9 Å². The second-order valence-corrected chi connectivity index (χ2v) is 11.3. The minimum Gasteiger partial charge on any atom is -0.396 e. The van der Waals surface area contributed by atoms with Crippen LogP contribution in [0.3, 0.4) is 0 Å². The van der Waals surface area contributed by atoms with E-state index in [0.29, 0.717) is 38.8 Å².